The third-order valence-electron chi connectivity index (χ3n) is 5.17. The molecule has 0 aliphatic rings. The summed E-state index contributed by atoms with van der Waals surface area (Å²) < 4.78 is 4.38. The average molecular weight is 447 g/mol. The average Bonchev–Trinajstić information content (AvgIpc) is 3.38. The normalized spacial score (nSPS) is 11.1. The lowest BCUT2D eigenvalue weighted by Crippen LogP contribution is -2.27. The maximum Gasteiger partial charge on any atom is 0.255 e. The predicted octanol–water partition coefficient (Wildman–Crippen LogP) is 4.41. The molecule has 4 aromatic rings. The fourth-order valence-corrected chi connectivity index (χ4v) is 4.04. The van der Waals surface area contributed by atoms with Crippen LogP contribution in [0.1, 0.15) is 41.6 Å². The Bertz CT molecular complexity index is 1240. The third-order valence-corrected chi connectivity index (χ3v) is 5.46. The van der Waals surface area contributed by atoms with Gasteiger partial charge in [-0.2, -0.15) is 10.2 Å². The molecule has 0 bridgehead atoms. The number of H-pyrrole nitrogens is 1. The molecule has 0 saturated carbocycles. The van der Waals surface area contributed by atoms with Crippen molar-refractivity contribution < 1.29 is 4.79 Å². The number of amides is 1. The van der Waals surface area contributed by atoms with Crippen molar-refractivity contribution in [1.29, 1.82) is 0 Å². The number of nitrogens with one attached hydrogen (secondary N) is 2. The van der Waals surface area contributed by atoms with Crippen molar-refractivity contribution in [2.24, 2.45) is 0 Å². The van der Waals surface area contributed by atoms with Gasteiger partial charge in [0.05, 0.1) is 12.1 Å². The second-order valence-electron chi connectivity index (χ2n) is 7.86. The van der Waals surface area contributed by atoms with Crippen LogP contribution in [0.5, 0.6) is 0 Å². The van der Waals surface area contributed by atoms with Crippen LogP contribution in [0.25, 0.3) is 11.3 Å². The van der Waals surface area contributed by atoms with Crippen molar-refractivity contribution in [3.05, 3.63) is 88.6 Å². The molecular weight excluding hydrogens is 420 g/mol. The number of nitrogens with zero attached hydrogens (tertiary/aromatic N) is 4. The maximum absolute atomic E-state index is 13.1. The van der Waals surface area contributed by atoms with Crippen LogP contribution in [0.3, 0.4) is 0 Å². The van der Waals surface area contributed by atoms with Gasteiger partial charge in [0.2, 0.25) is 0 Å². The summed E-state index contributed by atoms with van der Waals surface area (Å²) >= 11 is 5.30. The van der Waals surface area contributed by atoms with Crippen LogP contribution in [-0.4, -0.2) is 37.0 Å². The van der Waals surface area contributed by atoms with Crippen LogP contribution >= 0.6 is 12.2 Å². The van der Waals surface area contributed by atoms with Crippen LogP contribution in [0.2, 0.25) is 0 Å². The number of rotatable bonds is 8. The van der Waals surface area contributed by atoms with Crippen LogP contribution in [0.15, 0.2) is 66.9 Å². The summed E-state index contributed by atoms with van der Waals surface area (Å²) in [5, 5.41) is 14.9. The molecule has 8 heteroatoms. The van der Waals surface area contributed by atoms with Crippen molar-refractivity contribution in [2.75, 3.05) is 6.54 Å². The smallest absolute Gasteiger partial charge is 0.255 e. The summed E-state index contributed by atoms with van der Waals surface area (Å²) in [5.74, 6) is 0.668. The molecule has 0 radical (unpaired) electrons. The van der Waals surface area contributed by atoms with Gasteiger partial charge in [0.1, 0.15) is 11.5 Å². The van der Waals surface area contributed by atoms with Gasteiger partial charge in [0.15, 0.2) is 4.77 Å². The zero-order chi connectivity index (χ0) is 22.5. The van der Waals surface area contributed by atoms with E-state index in [9.17, 15) is 4.79 Å². The maximum atomic E-state index is 13.1. The van der Waals surface area contributed by atoms with Crippen molar-refractivity contribution >= 4 is 18.1 Å². The minimum absolute atomic E-state index is 0.159. The van der Waals surface area contributed by atoms with Crippen LogP contribution in [0, 0.1) is 4.77 Å². The molecule has 2 aromatic carbocycles. The Morgan fingerprint density at radius 3 is 2.47 bits per heavy atom. The lowest BCUT2D eigenvalue weighted by Gasteiger charge is -2.10. The fourth-order valence-electron chi connectivity index (χ4n) is 3.68. The molecular formula is C24H26N6OS. The Morgan fingerprint density at radius 2 is 1.78 bits per heavy atom. The van der Waals surface area contributed by atoms with Crippen molar-refractivity contribution in [3.63, 3.8) is 0 Å². The molecule has 0 saturated heterocycles. The molecule has 2 heterocycles. The van der Waals surface area contributed by atoms with E-state index in [0.29, 0.717) is 35.5 Å². The molecule has 0 fully saturated rings. The Hall–Kier alpha value is -3.52. The molecule has 2 aromatic heterocycles. The Balaban J connectivity index is 1.53. The van der Waals surface area contributed by atoms with E-state index in [1.165, 1.54) is 0 Å². The zero-order valence-electron chi connectivity index (χ0n) is 18.2. The molecule has 7 nitrogen and oxygen atoms in total. The van der Waals surface area contributed by atoms with E-state index in [1.807, 2.05) is 76.1 Å². The summed E-state index contributed by atoms with van der Waals surface area (Å²) in [6.45, 7) is 5.15. The Labute approximate surface area is 192 Å². The van der Waals surface area contributed by atoms with Gasteiger partial charge in [0.25, 0.3) is 5.91 Å². The molecule has 1 amide bonds. The van der Waals surface area contributed by atoms with Gasteiger partial charge in [-0.3, -0.25) is 14.6 Å². The van der Waals surface area contributed by atoms with Gasteiger partial charge in [0, 0.05) is 30.8 Å². The van der Waals surface area contributed by atoms with E-state index < -0.39 is 0 Å². The molecule has 0 aliphatic carbocycles. The second-order valence-corrected chi connectivity index (χ2v) is 8.24. The summed E-state index contributed by atoms with van der Waals surface area (Å²) in [5.41, 5.74) is 3.25. The highest BCUT2D eigenvalue weighted by Crippen LogP contribution is 2.22. The minimum atomic E-state index is -0.159. The highest BCUT2D eigenvalue weighted by atomic mass is 32.1. The van der Waals surface area contributed by atoms with E-state index in [4.69, 9.17) is 17.3 Å². The van der Waals surface area contributed by atoms with E-state index in [1.54, 1.807) is 0 Å². The van der Waals surface area contributed by atoms with E-state index >= 15 is 0 Å². The highest BCUT2D eigenvalue weighted by molar-refractivity contribution is 7.71. The molecule has 0 spiro atoms. The molecule has 32 heavy (non-hydrogen) atoms. The first-order valence-electron chi connectivity index (χ1n) is 10.6. The number of hydrogen-bond donors (Lipinski definition) is 2. The molecule has 0 atom stereocenters. The monoisotopic (exact) mass is 446 g/mol. The summed E-state index contributed by atoms with van der Waals surface area (Å²) in [4.78, 5) is 13.1. The van der Waals surface area contributed by atoms with Crippen molar-refractivity contribution in [1.82, 2.24) is 29.9 Å². The standard InChI is InChI=1S/C24H26N6OS/c1-17(2)30-21(26-27-24(30)32)13-14-25-23(31)20-16-29(15-18-9-5-3-6-10-18)28-22(20)19-11-7-4-8-12-19/h3-12,16-17H,13-15H2,1-2H3,(H,25,31)(H,27,32). The first-order valence-corrected chi connectivity index (χ1v) is 11.0. The number of carbonyl (C=O) groups excluding carboxylic acids is 1. The van der Waals surface area contributed by atoms with Gasteiger partial charge in [-0.1, -0.05) is 60.7 Å². The van der Waals surface area contributed by atoms with Gasteiger partial charge >= 0.3 is 0 Å². The van der Waals surface area contributed by atoms with Gasteiger partial charge in [-0.15, -0.1) is 0 Å². The lowest BCUT2D eigenvalue weighted by atomic mass is 10.1. The quantitative estimate of drug-likeness (QED) is 0.393. The van der Waals surface area contributed by atoms with E-state index in [-0.39, 0.29) is 11.9 Å². The fraction of sp³-hybridized carbons (Fsp3) is 0.250. The number of carbonyl (C=O) groups is 1. The Morgan fingerprint density at radius 1 is 1.09 bits per heavy atom. The third kappa shape index (κ3) is 4.86. The summed E-state index contributed by atoms with van der Waals surface area (Å²) in [6, 6.07) is 20.0. The van der Waals surface area contributed by atoms with Crippen LogP contribution in [-0.2, 0) is 13.0 Å². The second kappa shape index (κ2) is 9.74. The molecule has 2 N–H and O–H groups in total. The predicted molar refractivity (Wildman–Crippen MR) is 127 cm³/mol. The SMILES string of the molecule is CC(C)n1c(CCNC(=O)c2cn(Cc3ccccc3)nc2-c2ccccc2)n[nH]c1=S. The lowest BCUT2D eigenvalue weighted by molar-refractivity contribution is 0.0954. The largest absolute Gasteiger partial charge is 0.351 e. The van der Waals surface area contributed by atoms with Crippen LogP contribution < -0.4 is 5.32 Å². The van der Waals surface area contributed by atoms with E-state index in [2.05, 4.69) is 29.4 Å². The van der Waals surface area contributed by atoms with Crippen molar-refractivity contribution in [3.8, 4) is 11.3 Å². The van der Waals surface area contributed by atoms with Gasteiger partial charge < -0.3 is 9.88 Å². The van der Waals surface area contributed by atoms with E-state index in [0.717, 1.165) is 17.0 Å². The number of benzene rings is 2. The van der Waals surface area contributed by atoms with Gasteiger partial charge in [-0.25, -0.2) is 0 Å². The molecule has 0 aliphatic heterocycles. The van der Waals surface area contributed by atoms with Crippen LogP contribution in [0.4, 0.5) is 0 Å². The highest BCUT2D eigenvalue weighted by Gasteiger charge is 2.18. The first kappa shape index (κ1) is 21.7. The molecule has 0 unspecified atom stereocenters. The summed E-state index contributed by atoms with van der Waals surface area (Å²) in [6.07, 6.45) is 2.39. The molecule has 4 rings (SSSR count). The topological polar surface area (TPSA) is 80.5 Å². The zero-order valence-corrected chi connectivity index (χ0v) is 19.0. The number of aromatic nitrogens is 5. The first-order chi connectivity index (χ1) is 15.5. The van der Waals surface area contributed by atoms with Gasteiger partial charge in [-0.05, 0) is 31.6 Å². The Kier molecular flexibility index (Phi) is 6.61. The number of aromatic amines is 1. The number of hydrogen-bond acceptors (Lipinski definition) is 4. The molecule has 164 valence electrons. The van der Waals surface area contributed by atoms with Crippen molar-refractivity contribution in [2.45, 2.75) is 32.9 Å². The minimum Gasteiger partial charge on any atom is -0.351 e. The summed E-state index contributed by atoms with van der Waals surface area (Å²) in [7, 11) is 0.